The number of carbonyl (C=O) groups is 2. The number of rotatable bonds is 8. The second-order valence-electron chi connectivity index (χ2n) is 12.4. The molecular formula is C38H36BNO6. The number of amides is 2. The normalized spacial score (nSPS) is 23.2. The fourth-order valence-corrected chi connectivity index (χ4v) is 7.76. The Morgan fingerprint density at radius 1 is 0.913 bits per heavy atom. The molecule has 0 spiro atoms. The molecule has 4 atom stereocenters. The summed E-state index contributed by atoms with van der Waals surface area (Å²) in [5.41, 5.74) is 5.69. The van der Waals surface area contributed by atoms with E-state index in [1.807, 2.05) is 66.7 Å². The van der Waals surface area contributed by atoms with Gasteiger partial charge in [0.15, 0.2) is 0 Å². The average molecular weight is 614 g/mol. The molecule has 0 bridgehead atoms. The van der Waals surface area contributed by atoms with E-state index in [0.29, 0.717) is 31.6 Å². The quantitative estimate of drug-likeness (QED) is 0.102. The molecule has 2 aliphatic heterocycles. The van der Waals surface area contributed by atoms with Crippen LogP contribution < -0.4 is 4.90 Å². The molecule has 2 N–H and O–H groups in total. The van der Waals surface area contributed by atoms with Crippen LogP contribution in [0.2, 0.25) is 6.32 Å². The van der Waals surface area contributed by atoms with Gasteiger partial charge in [-0.05, 0) is 82.9 Å². The van der Waals surface area contributed by atoms with Gasteiger partial charge < -0.3 is 19.5 Å². The molecule has 0 saturated carbocycles. The predicted molar refractivity (Wildman–Crippen MR) is 180 cm³/mol. The Labute approximate surface area is 268 Å². The van der Waals surface area contributed by atoms with Crippen LogP contribution >= 0.6 is 0 Å². The van der Waals surface area contributed by atoms with Crippen molar-refractivity contribution in [2.45, 2.75) is 31.7 Å². The van der Waals surface area contributed by atoms with Crippen molar-refractivity contribution in [3.05, 3.63) is 119 Å². The summed E-state index contributed by atoms with van der Waals surface area (Å²) in [7, 11) is 0.582. The molecule has 3 aliphatic rings. The van der Waals surface area contributed by atoms with E-state index in [4.69, 9.17) is 9.39 Å². The molecule has 46 heavy (non-hydrogen) atoms. The smallest absolute Gasteiger partial charge is 0.455 e. The van der Waals surface area contributed by atoms with E-state index in [1.165, 1.54) is 4.90 Å². The number of benzene rings is 4. The van der Waals surface area contributed by atoms with Crippen molar-refractivity contribution in [2.24, 2.45) is 17.8 Å². The third-order valence-corrected chi connectivity index (χ3v) is 9.73. The minimum atomic E-state index is -1.06. The maximum atomic E-state index is 14.0. The van der Waals surface area contributed by atoms with E-state index in [2.05, 4.69) is 18.2 Å². The first-order valence-electron chi connectivity index (χ1n) is 15.9. The van der Waals surface area contributed by atoms with E-state index in [9.17, 15) is 19.7 Å². The Kier molecular flexibility index (Phi) is 8.34. The molecular weight excluding hydrogens is 577 g/mol. The average Bonchev–Trinajstić information content (AvgIpc) is 3.33. The summed E-state index contributed by atoms with van der Waals surface area (Å²) in [6, 6.07) is 30.7. The summed E-state index contributed by atoms with van der Waals surface area (Å²) >= 11 is 0. The number of fused-ring (bicyclic) bond motifs is 4. The SMILES string of the molecule is COCC1=C2[C@@H](CC/C(=C/c3ccc(O)c4ccccc34)c3ccccc3)OB(O)C[C@@H]2[C@@H]2C(=O)N(c3ccccc3)C(=O)[C@@H]2C1. The minimum Gasteiger partial charge on any atom is -0.507 e. The van der Waals surface area contributed by atoms with Gasteiger partial charge in [-0.2, -0.15) is 0 Å². The Morgan fingerprint density at radius 2 is 1.61 bits per heavy atom. The van der Waals surface area contributed by atoms with Crippen LogP contribution in [0.5, 0.6) is 5.75 Å². The van der Waals surface area contributed by atoms with Crippen molar-refractivity contribution in [3.63, 3.8) is 0 Å². The Balaban J connectivity index is 1.24. The number of hydrogen-bond acceptors (Lipinski definition) is 6. The van der Waals surface area contributed by atoms with E-state index < -0.39 is 25.1 Å². The second-order valence-corrected chi connectivity index (χ2v) is 12.4. The lowest BCUT2D eigenvalue weighted by atomic mass is 9.58. The van der Waals surface area contributed by atoms with Crippen molar-refractivity contribution in [3.8, 4) is 5.75 Å². The van der Waals surface area contributed by atoms with Crippen LogP contribution in [0.1, 0.15) is 30.4 Å². The summed E-state index contributed by atoms with van der Waals surface area (Å²) in [6.45, 7) is 0.332. The number of anilines is 1. The summed E-state index contributed by atoms with van der Waals surface area (Å²) in [5.74, 6) is -1.55. The molecule has 2 fully saturated rings. The zero-order valence-corrected chi connectivity index (χ0v) is 25.7. The predicted octanol–water partition coefficient (Wildman–Crippen LogP) is 6.51. The monoisotopic (exact) mass is 613 g/mol. The van der Waals surface area contributed by atoms with Gasteiger partial charge >= 0.3 is 7.12 Å². The molecule has 0 aromatic heterocycles. The van der Waals surface area contributed by atoms with Crippen molar-refractivity contribution < 1.29 is 29.1 Å². The van der Waals surface area contributed by atoms with Gasteiger partial charge in [0.05, 0.1) is 30.2 Å². The van der Waals surface area contributed by atoms with E-state index >= 15 is 0 Å². The Hall–Kier alpha value is -4.50. The molecule has 2 amide bonds. The van der Waals surface area contributed by atoms with Gasteiger partial charge in [0.1, 0.15) is 5.75 Å². The number of allylic oxidation sites excluding steroid dienone is 1. The van der Waals surface area contributed by atoms with E-state index in [-0.39, 0.29) is 29.8 Å². The second kappa shape index (κ2) is 12.7. The molecule has 2 saturated heterocycles. The highest BCUT2D eigenvalue weighted by Crippen LogP contribution is 2.51. The first-order valence-corrected chi connectivity index (χ1v) is 15.9. The lowest BCUT2D eigenvalue weighted by Crippen LogP contribution is -2.46. The van der Waals surface area contributed by atoms with Crippen molar-refractivity contribution >= 4 is 47.0 Å². The number of phenols is 1. The van der Waals surface area contributed by atoms with Gasteiger partial charge in [-0.25, -0.2) is 0 Å². The molecule has 1 aliphatic carbocycles. The van der Waals surface area contributed by atoms with Gasteiger partial charge in [0.25, 0.3) is 0 Å². The Morgan fingerprint density at radius 3 is 2.35 bits per heavy atom. The van der Waals surface area contributed by atoms with Gasteiger partial charge in [0, 0.05) is 12.5 Å². The van der Waals surface area contributed by atoms with Gasteiger partial charge in [-0.1, -0.05) is 84.9 Å². The lowest BCUT2D eigenvalue weighted by molar-refractivity contribution is -0.122. The van der Waals surface area contributed by atoms with Crippen LogP contribution in [0.4, 0.5) is 5.69 Å². The largest absolute Gasteiger partial charge is 0.507 e. The number of hydrogen-bond donors (Lipinski definition) is 2. The third kappa shape index (κ3) is 5.47. The summed E-state index contributed by atoms with van der Waals surface area (Å²) in [5, 5.41) is 23.3. The number of methoxy groups -OCH3 is 1. The zero-order chi connectivity index (χ0) is 31.8. The Bertz CT molecular complexity index is 1840. The van der Waals surface area contributed by atoms with E-state index in [1.54, 1.807) is 25.3 Å². The summed E-state index contributed by atoms with van der Waals surface area (Å²) in [6.07, 6.45) is 3.58. The first kappa shape index (κ1) is 30.2. The van der Waals surface area contributed by atoms with Crippen LogP contribution in [0.3, 0.4) is 0 Å². The molecule has 7 rings (SSSR count). The lowest BCUT2D eigenvalue weighted by Gasteiger charge is -2.43. The van der Waals surface area contributed by atoms with Gasteiger partial charge in [-0.3, -0.25) is 14.5 Å². The highest BCUT2D eigenvalue weighted by atomic mass is 16.5. The highest BCUT2D eigenvalue weighted by molar-refractivity contribution is 6.43. The number of phenolic OH excluding ortho intramolecular Hbond substituents is 1. The van der Waals surface area contributed by atoms with Gasteiger partial charge in [0.2, 0.25) is 11.8 Å². The maximum Gasteiger partial charge on any atom is 0.455 e. The number of ether oxygens (including phenoxy) is 1. The zero-order valence-electron chi connectivity index (χ0n) is 25.7. The van der Waals surface area contributed by atoms with E-state index in [0.717, 1.165) is 38.6 Å². The van der Waals surface area contributed by atoms with Crippen molar-refractivity contribution in [1.29, 1.82) is 0 Å². The number of imide groups is 1. The molecule has 4 aromatic carbocycles. The van der Waals surface area contributed by atoms with Crippen molar-refractivity contribution in [1.82, 2.24) is 0 Å². The molecule has 8 heteroatoms. The van der Waals surface area contributed by atoms with Crippen molar-refractivity contribution in [2.75, 3.05) is 18.6 Å². The first-order chi connectivity index (χ1) is 22.4. The van der Waals surface area contributed by atoms with Crippen LogP contribution in [-0.4, -0.2) is 48.9 Å². The number of para-hydroxylation sites is 1. The maximum absolute atomic E-state index is 14.0. The summed E-state index contributed by atoms with van der Waals surface area (Å²) < 4.78 is 11.9. The van der Waals surface area contributed by atoms with Crippen LogP contribution in [0.15, 0.2) is 108 Å². The van der Waals surface area contributed by atoms with Crippen LogP contribution in [-0.2, 0) is 19.0 Å². The topological polar surface area (TPSA) is 96.3 Å². The number of nitrogens with zero attached hydrogens (tertiary/aromatic N) is 1. The number of aromatic hydroxyl groups is 1. The minimum absolute atomic E-state index is 0.193. The highest BCUT2D eigenvalue weighted by Gasteiger charge is 2.57. The molecule has 0 unspecified atom stereocenters. The standard InChI is InChI=1S/C38H36BNO6/c1-45-23-27-21-31-36(38(43)40(37(31)42)28-12-6-3-7-13-28)32-22-39(44)46-34(35(27)32)19-17-25(24-10-4-2-5-11-24)20-26-16-18-33(41)30-15-9-8-14-29(26)30/h2-16,18,20,31-32,34,36,41,44H,17,19,21-23H2,1H3/b25-20-/t31-,32+,34-,36-/m1/s1. The molecule has 7 nitrogen and oxygen atoms in total. The molecule has 2 heterocycles. The molecule has 232 valence electrons. The third-order valence-electron chi connectivity index (χ3n) is 9.73. The van der Waals surface area contributed by atoms with Gasteiger partial charge in [-0.15, -0.1) is 0 Å². The molecule has 4 aromatic rings. The fourth-order valence-electron chi connectivity index (χ4n) is 7.76. The van der Waals surface area contributed by atoms with Crippen LogP contribution in [0.25, 0.3) is 22.4 Å². The number of carbonyl (C=O) groups excluding carboxylic acids is 2. The molecule has 0 radical (unpaired) electrons. The summed E-state index contributed by atoms with van der Waals surface area (Å²) in [4.78, 5) is 29.0. The fraction of sp³-hybridized carbons (Fsp3) is 0.263. The van der Waals surface area contributed by atoms with Crippen LogP contribution in [0, 0.1) is 17.8 Å².